The number of carbonyl (C=O) groups is 2. The number of benzene rings is 1. The summed E-state index contributed by atoms with van der Waals surface area (Å²) in [4.78, 5) is 27.7. The van der Waals surface area contributed by atoms with Gasteiger partial charge in [0.05, 0.1) is 32.2 Å². The summed E-state index contributed by atoms with van der Waals surface area (Å²) >= 11 is 0. The van der Waals surface area contributed by atoms with Gasteiger partial charge in [0.15, 0.2) is 11.5 Å². The molecule has 0 aromatic heterocycles. The van der Waals surface area contributed by atoms with Crippen molar-refractivity contribution in [1.29, 1.82) is 0 Å². The molecule has 0 radical (unpaired) electrons. The number of nitrogens with one attached hydrogen (secondary N) is 1. The molecule has 174 valence electrons. The van der Waals surface area contributed by atoms with Crippen LogP contribution in [0.2, 0.25) is 0 Å². The predicted octanol–water partition coefficient (Wildman–Crippen LogP) is -0.00530. The first-order valence-electron chi connectivity index (χ1n) is 10.2. The van der Waals surface area contributed by atoms with Gasteiger partial charge in [-0.1, -0.05) is 6.92 Å². The van der Waals surface area contributed by atoms with Crippen LogP contribution in [-0.2, 0) is 19.6 Å². The standard InChI is InChI=1S/C20H32N4O6S/c1-5-8-21-19(25)14-22(2)15-20(26)23-9-11-24(12-10-23)31(27,28)16-6-7-17(29-3)18(13-16)30-4/h6-7,13H,5,8-12,14-15H2,1-4H3,(H,21,25). The number of sulfonamides is 1. The molecule has 0 spiro atoms. The smallest absolute Gasteiger partial charge is 0.243 e. The molecule has 31 heavy (non-hydrogen) atoms. The van der Waals surface area contributed by atoms with E-state index in [2.05, 4.69) is 5.32 Å². The van der Waals surface area contributed by atoms with Crippen molar-refractivity contribution in [3.8, 4) is 11.5 Å². The zero-order chi connectivity index (χ0) is 23.0. The molecule has 2 amide bonds. The summed E-state index contributed by atoms with van der Waals surface area (Å²) in [6.45, 7) is 3.80. The Kier molecular flexibility index (Phi) is 9.08. The minimum absolute atomic E-state index is 0.0992. The third-order valence-electron chi connectivity index (χ3n) is 4.97. The van der Waals surface area contributed by atoms with Crippen LogP contribution in [0.15, 0.2) is 23.1 Å². The number of hydrogen-bond acceptors (Lipinski definition) is 7. The Hall–Kier alpha value is -2.37. The maximum absolute atomic E-state index is 13.0. The van der Waals surface area contributed by atoms with E-state index in [0.717, 1.165) is 6.42 Å². The fourth-order valence-corrected chi connectivity index (χ4v) is 4.69. The summed E-state index contributed by atoms with van der Waals surface area (Å²) < 4.78 is 37.7. The molecular weight excluding hydrogens is 424 g/mol. The Morgan fingerprint density at radius 1 is 1.06 bits per heavy atom. The van der Waals surface area contributed by atoms with Crippen LogP contribution in [0, 0.1) is 0 Å². The molecule has 1 aliphatic rings. The van der Waals surface area contributed by atoms with Gasteiger partial charge >= 0.3 is 0 Å². The van der Waals surface area contributed by atoms with Gasteiger partial charge in [-0.3, -0.25) is 14.5 Å². The van der Waals surface area contributed by atoms with E-state index in [9.17, 15) is 18.0 Å². The maximum Gasteiger partial charge on any atom is 0.243 e. The van der Waals surface area contributed by atoms with Gasteiger partial charge in [0.1, 0.15) is 0 Å². The van der Waals surface area contributed by atoms with Gasteiger partial charge in [0.25, 0.3) is 0 Å². The molecule has 1 fully saturated rings. The maximum atomic E-state index is 13.0. The highest BCUT2D eigenvalue weighted by atomic mass is 32.2. The number of amides is 2. The lowest BCUT2D eigenvalue weighted by Gasteiger charge is -2.34. The van der Waals surface area contributed by atoms with Crippen LogP contribution in [0.5, 0.6) is 11.5 Å². The highest BCUT2D eigenvalue weighted by Crippen LogP contribution is 2.30. The van der Waals surface area contributed by atoms with Crippen molar-refractivity contribution in [2.75, 3.05) is 67.1 Å². The van der Waals surface area contributed by atoms with Crippen molar-refractivity contribution in [3.63, 3.8) is 0 Å². The molecule has 1 aromatic carbocycles. The monoisotopic (exact) mass is 456 g/mol. The molecule has 1 aliphatic heterocycles. The van der Waals surface area contributed by atoms with Crippen LogP contribution < -0.4 is 14.8 Å². The second-order valence-corrected chi connectivity index (χ2v) is 9.26. The van der Waals surface area contributed by atoms with Gasteiger partial charge in [0.2, 0.25) is 21.8 Å². The van der Waals surface area contributed by atoms with Gasteiger partial charge in [-0.15, -0.1) is 0 Å². The van der Waals surface area contributed by atoms with Crippen LogP contribution in [0.4, 0.5) is 0 Å². The predicted molar refractivity (Wildman–Crippen MR) is 116 cm³/mol. The van der Waals surface area contributed by atoms with Crippen molar-refractivity contribution in [3.05, 3.63) is 18.2 Å². The zero-order valence-corrected chi connectivity index (χ0v) is 19.4. The summed E-state index contributed by atoms with van der Waals surface area (Å²) in [5.41, 5.74) is 0. The highest BCUT2D eigenvalue weighted by Gasteiger charge is 2.31. The Bertz CT molecular complexity index is 868. The average Bonchev–Trinajstić information content (AvgIpc) is 2.76. The quantitative estimate of drug-likeness (QED) is 0.528. The molecule has 11 heteroatoms. The van der Waals surface area contributed by atoms with E-state index in [1.54, 1.807) is 22.9 Å². The van der Waals surface area contributed by atoms with Crippen molar-refractivity contribution in [2.24, 2.45) is 0 Å². The number of carbonyl (C=O) groups excluding carboxylic acids is 2. The van der Waals surface area contributed by atoms with Gasteiger partial charge in [-0.25, -0.2) is 8.42 Å². The van der Waals surface area contributed by atoms with Gasteiger partial charge in [-0.05, 0) is 25.6 Å². The molecule has 1 N–H and O–H groups in total. The van der Waals surface area contributed by atoms with Crippen molar-refractivity contribution in [1.82, 2.24) is 19.4 Å². The fraction of sp³-hybridized carbons (Fsp3) is 0.600. The first-order chi connectivity index (χ1) is 14.7. The third-order valence-corrected chi connectivity index (χ3v) is 6.87. The summed E-state index contributed by atoms with van der Waals surface area (Å²) in [6, 6.07) is 4.47. The molecule has 0 unspecified atom stereocenters. The van der Waals surface area contributed by atoms with Crippen molar-refractivity contribution in [2.45, 2.75) is 18.2 Å². The number of rotatable bonds is 10. The number of methoxy groups -OCH3 is 2. The third kappa shape index (κ3) is 6.55. The lowest BCUT2D eigenvalue weighted by Crippen LogP contribution is -2.52. The molecule has 0 aliphatic carbocycles. The molecule has 1 heterocycles. The molecule has 0 saturated carbocycles. The summed E-state index contributed by atoms with van der Waals surface area (Å²) in [7, 11) is 0.920. The Labute approximate surface area is 184 Å². The van der Waals surface area contributed by atoms with E-state index in [0.29, 0.717) is 31.1 Å². The molecule has 2 rings (SSSR count). The van der Waals surface area contributed by atoms with Crippen LogP contribution in [0.3, 0.4) is 0 Å². The first-order valence-corrected chi connectivity index (χ1v) is 11.6. The molecule has 0 atom stereocenters. The van der Waals surface area contributed by atoms with Gasteiger partial charge < -0.3 is 19.7 Å². The Morgan fingerprint density at radius 2 is 1.71 bits per heavy atom. The van der Waals surface area contributed by atoms with E-state index in [4.69, 9.17) is 9.47 Å². The molecule has 1 aromatic rings. The van der Waals surface area contributed by atoms with Crippen LogP contribution in [0.25, 0.3) is 0 Å². The average molecular weight is 457 g/mol. The van der Waals surface area contributed by atoms with E-state index in [1.807, 2.05) is 6.92 Å². The van der Waals surface area contributed by atoms with E-state index in [1.165, 1.54) is 30.7 Å². The number of nitrogens with zero attached hydrogens (tertiary/aromatic N) is 3. The largest absolute Gasteiger partial charge is 0.493 e. The first kappa shape index (κ1) is 24.9. The van der Waals surface area contributed by atoms with Crippen LogP contribution in [0.1, 0.15) is 13.3 Å². The van der Waals surface area contributed by atoms with Crippen LogP contribution >= 0.6 is 0 Å². The van der Waals surface area contributed by atoms with Crippen molar-refractivity contribution < 1.29 is 27.5 Å². The van der Waals surface area contributed by atoms with E-state index in [-0.39, 0.29) is 42.9 Å². The normalized spacial score (nSPS) is 15.1. The number of likely N-dealkylation sites (N-methyl/N-ethyl adjacent to an activating group) is 1. The lowest BCUT2D eigenvalue weighted by atomic mass is 10.3. The summed E-state index contributed by atoms with van der Waals surface area (Å²) in [5.74, 6) is 0.532. The van der Waals surface area contributed by atoms with E-state index >= 15 is 0 Å². The second kappa shape index (κ2) is 11.3. The number of piperazine rings is 1. The lowest BCUT2D eigenvalue weighted by molar-refractivity contribution is -0.133. The summed E-state index contributed by atoms with van der Waals surface area (Å²) in [6.07, 6.45) is 0.852. The fourth-order valence-electron chi connectivity index (χ4n) is 3.26. The van der Waals surface area contributed by atoms with E-state index < -0.39 is 10.0 Å². The van der Waals surface area contributed by atoms with Gasteiger partial charge in [0, 0.05) is 38.8 Å². The minimum Gasteiger partial charge on any atom is -0.493 e. The minimum atomic E-state index is -3.72. The van der Waals surface area contributed by atoms with Gasteiger partial charge in [-0.2, -0.15) is 4.31 Å². The Morgan fingerprint density at radius 3 is 2.29 bits per heavy atom. The zero-order valence-electron chi connectivity index (χ0n) is 18.6. The number of ether oxygens (including phenoxy) is 2. The van der Waals surface area contributed by atoms with Crippen molar-refractivity contribution >= 4 is 21.8 Å². The van der Waals surface area contributed by atoms with Crippen LogP contribution in [-0.4, -0.2) is 101 Å². The highest BCUT2D eigenvalue weighted by molar-refractivity contribution is 7.89. The molecular formula is C20H32N4O6S. The molecule has 0 bridgehead atoms. The Balaban J connectivity index is 1.92. The SMILES string of the molecule is CCCNC(=O)CN(C)CC(=O)N1CCN(S(=O)(=O)c2ccc(OC)c(OC)c2)CC1. The molecule has 1 saturated heterocycles. The number of hydrogen-bond donors (Lipinski definition) is 1. The topological polar surface area (TPSA) is 108 Å². The molecule has 10 nitrogen and oxygen atoms in total. The second-order valence-electron chi connectivity index (χ2n) is 7.32. The summed E-state index contributed by atoms with van der Waals surface area (Å²) in [5, 5.41) is 2.77.